The summed E-state index contributed by atoms with van der Waals surface area (Å²) < 4.78 is 6.18. The lowest BCUT2D eigenvalue weighted by molar-refractivity contribution is -0.198. The summed E-state index contributed by atoms with van der Waals surface area (Å²) >= 11 is 0. The maximum absolute atomic E-state index is 12.3. The first-order valence-corrected chi connectivity index (χ1v) is 18.8. The van der Waals surface area contributed by atoms with E-state index >= 15 is 0 Å². The summed E-state index contributed by atoms with van der Waals surface area (Å²) in [5.41, 5.74) is 5.74. The first-order chi connectivity index (χ1) is 27.9. The summed E-state index contributed by atoms with van der Waals surface area (Å²) in [5.74, 6) is 0.613. The van der Waals surface area contributed by atoms with E-state index < -0.39 is 23.7 Å². The summed E-state index contributed by atoms with van der Waals surface area (Å²) in [6.07, 6.45) is 2.01. The van der Waals surface area contributed by atoms with Gasteiger partial charge in [0, 0.05) is 62.6 Å². The SMILES string of the molecule is CC1CC(=O)N(OC(=O)CCCCCOc2ccc3c(c2)-c2nc-3nc3[nH]c(nc4nc(nc5[nH]c(n2)c2ccccc52)-c2ccccc2-4)c2ccccc32)C1=O. The van der Waals surface area contributed by atoms with Gasteiger partial charge in [-0.05, 0) is 37.5 Å². The van der Waals surface area contributed by atoms with E-state index in [1.807, 2.05) is 91.0 Å². The van der Waals surface area contributed by atoms with E-state index in [-0.39, 0.29) is 12.8 Å². The number of hydrogen-bond acceptors (Lipinski definition) is 11. The number of nitrogens with zero attached hydrogens (tertiary/aromatic N) is 7. The van der Waals surface area contributed by atoms with Crippen molar-refractivity contribution in [3.63, 3.8) is 0 Å². The van der Waals surface area contributed by atoms with Crippen LogP contribution in [0.3, 0.4) is 0 Å². The second-order valence-corrected chi connectivity index (χ2v) is 14.2. The molecule has 7 aromatic rings. The molecule has 10 rings (SSSR count). The molecule has 6 heterocycles. The Morgan fingerprint density at radius 2 is 1.12 bits per heavy atom. The van der Waals surface area contributed by atoms with Crippen LogP contribution in [0.1, 0.15) is 39.0 Å². The van der Waals surface area contributed by atoms with Crippen LogP contribution in [0, 0.1) is 5.92 Å². The predicted octanol–water partition coefficient (Wildman–Crippen LogP) is 7.66. The minimum atomic E-state index is -0.607. The molecular formula is C43H33N9O5. The van der Waals surface area contributed by atoms with Crippen LogP contribution in [-0.4, -0.2) is 69.3 Å². The number of nitrogens with one attached hydrogen (secondary N) is 2. The maximum Gasteiger partial charge on any atom is 0.333 e. The number of H-pyrrole nitrogens is 2. The van der Waals surface area contributed by atoms with Gasteiger partial charge >= 0.3 is 5.97 Å². The fraction of sp³-hybridized carbons (Fsp3) is 0.186. The third-order valence-electron chi connectivity index (χ3n) is 10.3. The number of amides is 2. The summed E-state index contributed by atoms with van der Waals surface area (Å²) in [5, 5.41) is 4.14. The summed E-state index contributed by atoms with van der Waals surface area (Å²) in [4.78, 5) is 78.4. The Morgan fingerprint density at radius 1 is 0.632 bits per heavy atom. The number of ether oxygens (including phenoxy) is 1. The van der Waals surface area contributed by atoms with Gasteiger partial charge in [-0.3, -0.25) is 9.59 Å². The molecule has 0 spiro atoms. The number of benzene rings is 4. The molecular weight excluding hydrogens is 723 g/mol. The number of hydroxylamine groups is 2. The number of fused-ring (bicyclic) bond motifs is 20. The van der Waals surface area contributed by atoms with E-state index in [0.717, 1.165) is 43.8 Å². The fourth-order valence-corrected chi connectivity index (χ4v) is 7.45. The van der Waals surface area contributed by atoms with E-state index in [1.165, 1.54) is 0 Å². The molecule has 2 N–H and O–H groups in total. The normalized spacial score (nSPS) is 14.6. The highest BCUT2D eigenvalue weighted by Crippen LogP contribution is 2.38. The highest BCUT2D eigenvalue weighted by molar-refractivity contribution is 6.06. The van der Waals surface area contributed by atoms with Crippen LogP contribution in [0.15, 0.2) is 91.0 Å². The Kier molecular flexibility index (Phi) is 8.24. The van der Waals surface area contributed by atoms with Crippen molar-refractivity contribution in [3.05, 3.63) is 91.0 Å². The molecule has 3 aliphatic heterocycles. The number of carbonyl (C=O) groups excluding carboxylic acids is 3. The highest BCUT2D eigenvalue weighted by atomic mass is 16.7. The zero-order valence-electron chi connectivity index (χ0n) is 30.7. The molecule has 57 heavy (non-hydrogen) atoms. The maximum atomic E-state index is 12.3. The Hall–Kier alpha value is -7.35. The number of carbonyl (C=O) groups is 3. The van der Waals surface area contributed by atoms with Gasteiger partial charge in [-0.1, -0.05) is 79.7 Å². The van der Waals surface area contributed by atoms with Crippen molar-refractivity contribution in [3.8, 4) is 51.3 Å². The molecule has 0 saturated carbocycles. The zero-order valence-corrected chi connectivity index (χ0v) is 30.7. The molecule has 0 radical (unpaired) electrons. The molecule has 1 saturated heterocycles. The molecule has 3 aromatic heterocycles. The molecule has 1 atom stereocenters. The summed E-state index contributed by atoms with van der Waals surface area (Å²) in [7, 11) is 0. The van der Waals surface area contributed by atoms with Crippen LogP contribution < -0.4 is 4.74 Å². The van der Waals surface area contributed by atoms with Crippen molar-refractivity contribution in [2.24, 2.45) is 5.92 Å². The van der Waals surface area contributed by atoms with Crippen molar-refractivity contribution in [2.45, 2.75) is 39.0 Å². The number of aromatic amines is 2. The third kappa shape index (κ3) is 6.11. The average molecular weight is 756 g/mol. The van der Waals surface area contributed by atoms with Gasteiger partial charge in [0.25, 0.3) is 11.8 Å². The zero-order chi connectivity index (χ0) is 38.6. The minimum absolute atomic E-state index is 0.0507. The molecule has 1 fully saturated rings. The van der Waals surface area contributed by atoms with Gasteiger partial charge in [0.15, 0.2) is 23.3 Å². The molecule has 4 aromatic carbocycles. The number of rotatable bonds is 8. The lowest BCUT2D eigenvalue weighted by atomic mass is 10.1. The van der Waals surface area contributed by atoms with Crippen molar-refractivity contribution in [1.29, 1.82) is 0 Å². The lowest BCUT2D eigenvalue weighted by Crippen LogP contribution is -2.33. The second-order valence-electron chi connectivity index (χ2n) is 14.2. The first-order valence-electron chi connectivity index (χ1n) is 18.8. The van der Waals surface area contributed by atoms with Crippen molar-refractivity contribution in [2.75, 3.05) is 6.61 Å². The van der Waals surface area contributed by atoms with Crippen molar-refractivity contribution < 1.29 is 24.0 Å². The van der Waals surface area contributed by atoms with Crippen molar-refractivity contribution in [1.82, 2.24) is 44.9 Å². The quantitative estimate of drug-likeness (QED) is 0.115. The van der Waals surface area contributed by atoms with Crippen molar-refractivity contribution >= 4 is 61.9 Å². The average Bonchev–Trinajstić information content (AvgIpc) is 4.00. The smallest absolute Gasteiger partial charge is 0.333 e. The first kappa shape index (κ1) is 34.2. The van der Waals surface area contributed by atoms with Crippen LogP contribution in [0.2, 0.25) is 0 Å². The number of hydrogen-bond donors (Lipinski definition) is 2. The van der Waals surface area contributed by atoms with Crippen LogP contribution >= 0.6 is 0 Å². The third-order valence-corrected chi connectivity index (χ3v) is 10.3. The monoisotopic (exact) mass is 755 g/mol. The Labute approximate surface area is 324 Å². The molecule has 2 amide bonds. The van der Waals surface area contributed by atoms with Crippen LogP contribution in [-0.2, 0) is 19.2 Å². The fourth-order valence-electron chi connectivity index (χ4n) is 7.45. The van der Waals surface area contributed by atoms with E-state index in [4.69, 9.17) is 39.5 Å². The van der Waals surface area contributed by atoms with E-state index in [0.29, 0.717) is 82.6 Å². The topological polar surface area (TPSA) is 182 Å². The van der Waals surface area contributed by atoms with Gasteiger partial charge in [0.1, 0.15) is 28.3 Å². The Balaban J connectivity index is 1.00. The van der Waals surface area contributed by atoms with Gasteiger partial charge in [0.2, 0.25) is 0 Å². The largest absolute Gasteiger partial charge is 0.494 e. The number of imide groups is 1. The lowest BCUT2D eigenvalue weighted by Gasteiger charge is -2.13. The van der Waals surface area contributed by atoms with Gasteiger partial charge < -0.3 is 19.5 Å². The van der Waals surface area contributed by atoms with Gasteiger partial charge in [-0.2, -0.15) is 0 Å². The summed E-state index contributed by atoms with van der Waals surface area (Å²) in [6, 6.07) is 29.6. The van der Waals surface area contributed by atoms with Gasteiger partial charge in [-0.15, -0.1) is 5.06 Å². The Morgan fingerprint density at radius 3 is 1.63 bits per heavy atom. The molecule has 8 bridgehead atoms. The number of unbranched alkanes of at least 4 members (excludes halogenated alkanes) is 2. The van der Waals surface area contributed by atoms with Crippen LogP contribution in [0.25, 0.3) is 89.7 Å². The summed E-state index contributed by atoms with van der Waals surface area (Å²) in [6.45, 7) is 2.04. The second kappa shape index (κ2) is 13.7. The standard InChI is InChI=1S/C43H33N9O5/c1-23-21-33(53)52(43(23)55)57-34(54)17-3-2-10-20-56-24-18-19-31-32(22-24)42-50-40-30-16-9-8-15-29(30)38(48-40)46-36-26-12-5-4-11-25(26)35(44-36)45-37-27-13-6-7-14-28(27)39(47-37)49-41(31)51-42/h4-9,11-16,18-19,22-23H,2-3,10,17,20-21H2,1H3,(H2,44,45,46,47,48,49,50,51). The molecule has 14 nitrogen and oxygen atoms in total. The highest BCUT2D eigenvalue weighted by Gasteiger charge is 2.38. The number of aromatic nitrogens is 8. The molecule has 1 unspecified atom stereocenters. The molecule has 280 valence electrons. The van der Waals surface area contributed by atoms with Gasteiger partial charge in [-0.25, -0.2) is 34.7 Å². The molecule has 14 heteroatoms. The van der Waals surface area contributed by atoms with E-state index in [9.17, 15) is 14.4 Å². The van der Waals surface area contributed by atoms with Crippen LogP contribution in [0.5, 0.6) is 5.75 Å². The predicted molar refractivity (Wildman–Crippen MR) is 212 cm³/mol. The van der Waals surface area contributed by atoms with E-state index in [1.54, 1.807) is 6.92 Å². The Bertz CT molecular complexity index is 2990. The minimum Gasteiger partial charge on any atom is -0.494 e. The van der Waals surface area contributed by atoms with Gasteiger partial charge in [0.05, 0.1) is 6.61 Å². The van der Waals surface area contributed by atoms with Crippen LogP contribution in [0.4, 0.5) is 0 Å². The molecule has 0 aliphatic carbocycles. The molecule has 3 aliphatic rings. The van der Waals surface area contributed by atoms with E-state index in [2.05, 4.69) is 9.97 Å².